The number of fused-ring (bicyclic) bond motifs is 3. The third-order valence-electron chi connectivity index (χ3n) is 5.15. The number of aliphatic imine (C=N–C) groups is 1. The molecule has 2 aromatic rings. The Morgan fingerprint density at radius 1 is 0.880 bits per heavy atom. The van der Waals surface area contributed by atoms with Crippen LogP contribution in [-0.4, -0.2) is 17.3 Å². The number of hydrogen-bond acceptors (Lipinski definition) is 2. The van der Waals surface area contributed by atoms with Crippen LogP contribution in [0.25, 0.3) is 11.1 Å². The number of benzene rings is 2. The standard InChI is InChI=1S/C23H29NS/c1-4-6-16-24-22(25-17-7-5-2)23(3)20-14-10-8-12-18(20)19-13-9-11-15-21(19)23/h8-15H,4-7,16-17H2,1-3H3. The molecule has 3 rings (SSSR count). The van der Waals surface area contributed by atoms with E-state index in [1.807, 2.05) is 11.8 Å². The topological polar surface area (TPSA) is 12.4 Å². The summed E-state index contributed by atoms with van der Waals surface area (Å²) >= 11 is 1.97. The number of nitrogens with zero attached hydrogens (tertiary/aromatic N) is 1. The Balaban J connectivity index is 2.08. The summed E-state index contributed by atoms with van der Waals surface area (Å²) in [5.41, 5.74) is 5.46. The van der Waals surface area contributed by atoms with Crippen LogP contribution < -0.4 is 0 Å². The molecule has 25 heavy (non-hydrogen) atoms. The van der Waals surface area contributed by atoms with E-state index in [1.165, 1.54) is 46.6 Å². The predicted molar refractivity (Wildman–Crippen MR) is 113 cm³/mol. The zero-order valence-corrected chi connectivity index (χ0v) is 16.5. The van der Waals surface area contributed by atoms with Gasteiger partial charge in [0.25, 0.3) is 0 Å². The van der Waals surface area contributed by atoms with Gasteiger partial charge >= 0.3 is 0 Å². The van der Waals surface area contributed by atoms with Gasteiger partial charge in [0.15, 0.2) is 0 Å². The minimum Gasteiger partial charge on any atom is -0.282 e. The quantitative estimate of drug-likeness (QED) is 0.307. The first kappa shape index (κ1) is 18.3. The molecule has 0 fully saturated rings. The van der Waals surface area contributed by atoms with Crippen molar-refractivity contribution in [3.8, 4) is 11.1 Å². The molecule has 0 saturated carbocycles. The van der Waals surface area contributed by atoms with Crippen LogP contribution in [0.15, 0.2) is 53.5 Å². The van der Waals surface area contributed by atoms with E-state index in [1.54, 1.807) is 0 Å². The van der Waals surface area contributed by atoms with Crippen LogP contribution in [0.1, 0.15) is 57.6 Å². The molecule has 0 unspecified atom stereocenters. The summed E-state index contributed by atoms with van der Waals surface area (Å²) in [7, 11) is 0. The van der Waals surface area contributed by atoms with Gasteiger partial charge in [-0.3, -0.25) is 4.99 Å². The fraction of sp³-hybridized carbons (Fsp3) is 0.435. The van der Waals surface area contributed by atoms with Crippen LogP contribution in [0.5, 0.6) is 0 Å². The van der Waals surface area contributed by atoms with Gasteiger partial charge in [-0.2, -0.15) is 0 Å². The first-order valence-corrected chi connectivity index (χ1v) is 10.6. The van der Waals surface area contributed by atoms with Crippen LogP contribution >= 0.6 is 11.8 Å². The van der Waals surface area contributed by atoms with E-state index in [9.17, 15) is 0 Å². The molecule has 1 nitrogen and oxygen atoms in total. The van der Waals surface area contributed by atoms with Gasteiger partial charge in [-0.05, 0) is 47.8 Å². The lowest BCUT2D eigenvalue weighted by molar-refractivity contribution is 0.774. The van der Waals surface area contributed by atoms with Crippen molar-refractivity contribution >= 4 is 16.8 Å². The van der Waals surface area contributed by atoms with Gasteiger partial charge in [0, 0.05) is 6.54 Å². The summed E-state index contributed by atoms with van der Waals surface area (Å²) in [6, 6.07) is 17.8. The highest BCUT2D eigenvalue weighted by molar-refractivity contribution is 8.14. The molecule has 0 bridgehead atoms. The average molecular weight is 352 g/mol. The molecule has 132 valence electrons. The molecule has 0 amide bonds. The van der Waals surface area contributed by atoms with Gasteiger partial charge in [-0.15, -0.1) is 11.8 Å². The van der Waals surface area contributed by atoms with Gasteiger partial charge in [0.05, 0.1) is 10.5 Å². The lowest BCUT2D eigenvalue weighted by atomic mass is 9.81. The molecule has 2 heteroatoms. The summed E-state index contributed by atoms with van der Waals surface area (Å²) < 4.78 is 0. The highest BCUT2D eigenvalue weighted by Crippen LogP contribution is 2.51. The smallest absolute Gasteiger partial charge is 0.0823 e. The molecule has 0 aliphatic heterocycles. The third kappa shape index (κ3) is 3.42. The second-order valence-electron chi connectivity index (χ2n) is 6.96. The first-order valence-electron chi connectivity index (χ1n) is 9.60. The molecule has 2 aromatic carbocycles. The Morgan fingerprint density at radius 2 is 1.44 bits per heavy atom. The largest absolute Gasteiger partial charge is 0.282 e. The maximum atomic E-state index is 5.12. The minimum absolute atomic E-state index is 0.112. The van der Waals surface area contributed by atoms with Crippen molar-refractivity contribution < 1.29 is 0 Å². The fourth-order valence-electron chi connectivity index (χ4n) is 3.68. The normalized spacial score (nSPS) is 15.1. The van der Waals surface area contributed by atoms with Crippen molar-refractivity contribution in [3.05, 3.63) is 59.7 Å². The molecular formula is C23H29NS. The van der Waals surface area contributed by atoms with E-state index >= 15 is 0 Å². The first-order chi connectivity index (χ1) is 12.2. The van der Waals surface area contributed by atoms with E-state index in [0.29, 0.717) is 0 Å². The van der Waals surface area contributed by atoms with Crippen molar-refractivity contribution in [1.29, 1.82) is 0 Å². The number of unbranched alkanes of at least 4 members (excludes halogenated alkanes) is 2. The zero-order chi connectivity index (χ0) is 17.7. The number of thioether (sulfide) groups is 1. The molecular weight excluding hydrogens is 322 g/mol. The summed E-state index contributed by atoms with van der Waals surface area (Å²) in [4.78, 5) is 5.12. The Labute approximate surface area is 157 Å². The predicted octanol–water partition coefficient (Wildman–Crippen LogP) is 6.70. The second kappa shape index (κ2) is 8.23. The monoisotopic (exact) mass is 351 g/mol. The lowest BCUT2D eigenvalue weighted by Gasteiger charge is -2.29. The van der Waals surface area contributed by atoms with Crippen molar-refractivity contribution in [1.82, 2.24) is 0 Å². The van der Waals surface area contributed by atoms with E-state index in [2.05, 4.69) is 69.3 Å². The van der Waals surface area contributed by atoms with E-state index in [0.717, 1.165) is 18.7 Å². The molecule has 0 spiro atoms. The van der Waals surface area contributed by atoms with Crippen molar-refractivity contribution in [2.75, 3.05) is 12.3 Å². The number of rotatable bonds is 7. The Kier molecular flexibility index (Phi) is 6.01. The summed E-state index contributed by atoms with van der Waals surface area (Å²) in [6.45, 7) is 7.81. The fourth-order valence-corrected chi connectivity index (χ4v) is 5.00. The molecule has 1 aliphatic carbocycles. The Bertz CT molecular complexity index is 702. The van der Waals surface area contributed by atoms with E-state index in [4.69, 9.17) is 4.99 Å². The second-order valence-corrected chi connectivity index (χ2v) is 8.04. The molecule has 0 atom stereocenters. The van der Waals surface area contributed by atoms with Gasteiger partial charge in [0.2, 0.25) is 0 Å². The minimum atomic E-state index is -0.112. The molecule has 0 heterocycles. The van der Waals surface area contributed by atoms with Crippen molar-refractivity contribution in [3.63, 3.8) is 0 Å². The molecule has 0 radical (unpaired) electrons. The third-order valence-corrected chi connectivity index (χ3v) is 6.46. The van der Waals surface area contributed by atoms with Crippen LogP contribution in [0.3, 0.4) is 0 Å². The van der Waals surface area contributed by atoms with Crippen molar-refractivity contribution in [2.45, 2.75) is 51.9 Å². The SMILES string of the molecule is CCCCN=C(SCCCC)C1(C)c2ccccc2-c2ccccc21. The van der Waals surface area contributed by atoms with Crippen LogP contribution in [0.4, 0.5) is 0 Å². The van der Waals surface area contributed by atoms with Crippen molar-refractivity contribution in [2.24, 2.45) is 4.99 Å². The lowest BCUT2D eigenvalue weighted by Crippen LogP contribution is -2.30. The van der Waals surface area contributed by atoms with Crippen LogP contribution in [-0.2, 0) is 5.41 Å². The molecule has 0 aromatic heterocycles. The maximum absolute atomic E-state index is 5.12. The average Bonchev–Trinajstić information content (AvgIpc) is 2.91. The van der Waals surface area contributed by atoms with E-state index in [-0.39, 0.29) is 5.41 Å². The van der Waals surface area contributed by atoms with Gasteiger partial charge in [0.1, 0.15) is 0 Å². The zero-order valence-electron chi connectivity index (χ0n) is 15.7. The molecule has 1 aliphatic rings. The van der Waals surface area contributed by atoms with Gasteiger partial charge < -0.3 is 0 Å². The number of hydrogen-bond donors (Lipinski definition) is 0. The van der Waals surface area contributed by atoms with Gasteiger partial charge in [-0.25, -0.2) is 0 Å². The highest BCUT2D eigenvalue weighted by atomic mass is 32.2. The Hall–Kier alpha value is -1.54. The summed E-state index contributed by atoms with van der Waals surface area (Å²) in [5.74, 6) is 1.15. The Morgan fingerprint density at radius 3 is 2.00 bits per heavy atom. The molecule has 0 N–H and O–H groups in total. The maximum Gasteiger partial charge on any atom is 0.0823 e. The highest BCUT2D eigenvalue weighted by Gasteiger charge is 2.43. The summed E-state index contributed by atoms with van der Waals surface area (Å²) in [6.07, 6.45) is 4.84. The summed E-state index contributed by atoms with van der Waals surface area (Å²) in [5, 5.41) is 1.30. The van der Waals surface area contributed by atoms with E-state index < -0.39 is 0 Å². The van der Waals surface area contributed by atoms with Crippen LogP contribution in [0.2, 0.25) is 0 Å². The van der Waals surface area contributed by atoms with Crippen LogP contribution in [0, 0.1) is 0 Å². The van der Waals surface area contributed by atoms with Gasteiger partial charge in [-0.1, -0.05) is 75.2 Å². The molecule has 0 saturated heterocycles.